The molecule has 3 nitrogen and oxygen atoms in total. The molecule has 0 fully saturated rings. The van der Waals surface area contributed by atoms with Crippen molar-refractivity contribution in [1.29, 1.82) is 0 Å². The van der Waals surface area contributed by atoms with Crippen LogP contribution < -0.4 is 4.74 Å². The zero-order chi connectivity index (χ0) is 17.4. The van der Waals surface area contributed by atoms with Crippen molar-refractivity contribution in [2.45, 2.75) is 45.3 Å². The molecule has 0 radical (unpaired) electrons. The minimum absolute atomic E-state index is 0.514. The summed E-state index contributed by atoms with van der Waals surface area (Å²) >= 11 is 0. The molecule has 1 N–H and O–H groups in total. The molecule has 1 aliphatic rings. The fraction of sp³-hybridized carbons (Fsp3) is 0.364. The third-order valence-electron chi connectivity index (χ3n) is 5.33. The van der Waals surface area contributed by atoms with Crippen LogP contribution in [0.25, 0.3) is 10.9 Å². The van der Waals surface area contributed by atoms with Gasteiger partial charge in [-0.1, -0.05) is 30.3 Å². The van der Waals surface area contributed by atoms with Crippen LogP contribution in [0.4, 0.5) is 0 Å². The number of methoxy groups -OCH3 is 1. The first-order valence-electron chi connectivity index (χ1n) is 9.13. The van der Waals surface area contributed by atoms with Gasteiger partial charge in [0.25, 0.3) is 0 Å². The predicted octanol–water partition coefficient (Wildman–Crippen LogP) is 4.63. The summed E-state index contributed by atoms with van der Waals surface area (Å²) in [5.74, 6) is 0.921. The van der Waals surface area contributed by atoms with Crippen molar-refractivity contribution in [3.8, 4) is 5.75 Å². The number of aliphatic hydroxyl groups is 1. The van der Waals surface area contributed by atoms with Crippen molar-refractivity contribution in [1.82, 2.24) is 4.57 Å². The van der Waals surface area contributed by atoms with Crippen LogP contribution in [-0.4, -0.2) is 16.8 Å². The molecule has 130 valence electrons. The Morgan fingerprint density at radius 1 is 1.12 bits per heavy atom. The van der Waals surface area contributed by atoms with Crippen LogP contribution in [0.5, 0.6) is 5.75 Å². The maximum Gasteiger partial charge on any atom is 0.128 e. The van der Waals surface area contributed by atoms with Crippen LogP contribution in [0.2, 0.25) is 0 Å². The molecule has 3 aromatic rings. The first-order valence-corrected chi connectivity index (χ1v) is 9.13. The molecule has 0 saturated heterocycles. The lowest BCUT2D eigenvalue weighted by molar-refractivity contribution is 0.190. The van der Waals surface area contributed by atoms with Crippen LogP contribution >= 0.6 is 0 Å². The summed E-state index contributed by atoms with van der Waals surface area (Å²) in [7, 11) is 1.74. The van der Waals surface area contributed by atoms with Crippen molar-refractivity contribution < 1.29 is 9.84 Å². The quantitative estimate of drug-likeness (QED) is 0.754. The lowest BCUT2D eigenvalue weighted by Crippen LogP contribution is -2.11. The number of nitrogens with zero attached hydrogens (tertiary/aromatic N) is 1. The average Bonchev–Trinajstić information content (AvgIpc) is 3.02. The monoisotopic (exact) mass is 335 g/mol. The van der Waals surface area contributed by atoms with E-state index in [4.69, 9.17) is 4.74 Å². The van der Waals surface area contributed by atoms with E-state index >= 15 is 0 Å². The molecule has 1 atom stereocenters. The van der Waals surface area contributed by atoms with Crippen molar-refractivity contribution in [3.63, 3.8) is 0 Å². The minimum atomic E-state index is -0.514. The van der Waals surface area contributed by atoms with Gasteiger partial charge in [0.1, 0.15) is 5.75 Å². The van der Waals surface area contributed by atoms with Gasteiger partial charge in [0, 0.05) is 17.6 Å². The van der Waals surface area contributed by atoms with Gasteiger partial charge in [-0.3, -0.25) is 0 Å². The molecule has 0 bridgehead atoms. The molecule has 1 aliphatic carbocycles. The zero-order valence-corrected chi connectivity index (χ0v) is 15.0. The minimum Gasteiger partial charge on any atom is -0.496 e. The van der Waals surface area contributed by atoms with Gasteiger partial charge >= 0.3 is 0 Å². The third-order valence-corrected chi connectivity index (χ3v) is 5.33. The van der Waals surface area contributed by atoms with Gasteiger partial charge < -0.3 is 14.4 Å². The number of hydrogen-bond acceptors (Lipinski definition) is 2. The van der Waals surface area contributed by atoms with Gasteiger partial charge in [-0.25, -0.2) is 0 Å². The topological polar surface area (TPSA) is 34.4 Å². The molecule has 0 amide bonds. The first-order chi connectivity index (χ1) is 12.2. The smallest absolute Gasteiger partial charge is 0.128 e. The van der Waals surface area contributed by atoms with Gasteiger partial charge in [-0.15, -0.1) is 0 Å². The molecular weight excluding hydrogens is 310 g/mol. The summed E-state index contributed by atoms with van der Waals surface area (Å²) < 4.78 is 7.99. The Morgan fingerprint density at radius 2 is 1.88 bits per heavy atom. The summed E-state index contributed by atoms with van der Waals surface area (Å²) in [6, 6.07) is 14.8. The molecule has 0 spiro atoms. The number of benzene rings is 2. The molecule has 1 unspecified atom stereocenters. The number of aromatic nitrogens is 1. The Kier molecular flexibility index (Phi) is 4.26. The highest BCUT2D eigenvalue weighted by atomic mass is 16.5. The van der Waals surface area contributed by atoms with E-state index in [1.54, 1.807) is 7.11 Å². The van der Waals surface area contributed by atoms with Crippen molar-refractivity contribution in [2.24, 2.45) is 0 Å². The number of rotatable bonds is 4. The average molecular weight is 335 g/mol. The van der Waals surface area contributed by atoms with Crippen LogP contribution in [0.3, 0.4) is 0 Å². The normalized spacial score (nSPS) is 15.2. The number of aliphatic hydroxyl groups excluding tert-OH is 1. The van der Waals surface area contributed by atoms with Crippen molar-refractivity contribution in [2.75, 3.05) is 7.11 Å². The summed E-state index contributed by atoms with van der Waals surface area (Å²) in [4.78, 5) is 0. The molecular formula is C22H25NO2. The van der Waals surface area contributed by atoms with Crippen LogP contribution in [0.1, 0.15) is 48.3 Å². The first kappa shape index (κ1) is 16.2. The highest BCUT2D eigenvalue weighted by molar-refractivity contribution is 5.91. The second-order valence-electron chi connectivity index (χ2n) is 7.00. The van der Waals surface area contributed by atoms with Crippen molar-refractivity contribution in [3.05, 3.63) is 64.8 Å². The summed E-state index contributed by atoms with van der Waals surface area (Å²) in [6.07, 6.45) is 4.18. The van der Waals surface area contributed by atoms with Crippen LogP contribution in [0.15, 0.2) is 42.5 Å². The standard InChI is InChI=1S/C22H25NO2/c1-15(24)20-13-19-21(25-2)12-17-10-6-7-11-18(17)22(19)23(20)14-16-8-4-3-5-9-16/h3-5,8-9,12-13,15,24H,6-7,10-11,14H2,1-2H3. The Labute approximate surface area is 148 Å². The van der Waals surface area contributed by atoms with Crippen LogP contribution in [0, 0.1) is 0 Å². The van der Waals surface area contributed by atoms with E-state index in [9.17, 15) is 5.11 Å². The molecule has 2 aromatic carbocycles. The van der Waals surface area contributed by atoms with Gasteiger partial charge in [-0.05, 0) is 61.4 Å². The van der Waals surface area contributed by atoms with Crippen LogP contribution in [-0.2, 0) is 19.4 Å². The predicted molar refractivity (Wildman–Crippen MR) is 101 cm³/mol. The Bertz CT molecular complexity index is 894. The number of aryl methyl sites for hydroxylation is 2. The van der Waals surface area contributed by atoms with E-state index in [0.29, 0.717) is 0 Å². The largest absolute Gasteiger partial charge is 0.496 e. The van der Waals surface area contributed by atoms with Gasteiger partial charge in [0.2, 0.25) is 0 Å². The maximum absolute atomic E-state index is 10.4. The molecule has 3 heteroatoms. The fourth-order valence-corrected chi connectivity index (χ4v) is 4.13. The fourth-order valence-electron chi connectivity index (χ4n) is 4.13. The molecule has 4 rings (SSSR count). The van der Waals surface area contributed by atoms with E-state index in [0.717, 1.165) is 36.2 Å². The summed E-state index contributed by atoms with van der Waals surface area (Å²) in [5, 5.41) is 11.5. The molecule has 1 aromatic heterocycles. The van der Waals surface area contributed by atoms with E-state index in [1.807, 2.05) is 13.0 Å². The third kappa shape index (κ3) is 2.83. The SMILES string of the molecule is COc1cc2c(c3c1cc(C(C)O)n3Cc1ccccc1)CCCC2. The summed E-state index contributed by atoms with van der Waals surface area (Å²) in [5.41, 5.74) is 6.28. The lowest BCUT2D eigenvalue weighted by atomic mass is 9.89. The van der Waals surface area contributed by atoms with E-state index in [-0.39, 0.29) is 0 Å². The van der Waals surface area contributed by atoms with E-state index in [1.165, 1.54) is 35.0 Å². The highest BCUT2D eigenvalue weighted by Crippen LogP contribution is 2.39. The van der Waals surface area contributed by atoms with E-state index < -0.39 is 6.10 Å². The number of ether oxygens (including phenoxy) is 1. The second kappa shape index (κ2) is 6.57. The molecule has 0 aliphatic heterocycles. The maximum atomic E-state index is 10.4. The second-order valence-corrected chi connectivity index (χ2v) is 7.00. The van der Waals surface area contributed by atoms with Gasteiger partial charge in [0.05, 0.1) is 18.7 Å². The lowest BCUT2D eigenvalue weighted by Gasteiger charge is -2.21. The summed E-state index contributed by atoms with van der Waals surface area (Å²) in [6.45, 7) is 2.61. The molecule has 1 heterocycles. The van der Waals surface area contributed by atoms with Crippen molar-refractivity contribution >= 4 is 10.9 Å². The number of fused-ring (bicyclic) bond motifs is 3. The zero-order valence-electron chi connectivity index (χ0n) is 15.0. The highest BCUT2D eigenvalue weighted by Gasteiger charge is 2.22. The Morgan fingerprint density at radius 3 is 2.60 bits per heavy atom. The molecule has 25 heavy (non-hydrogen) atoms. The van der Waals surface area contributed by atoms with Gasteiger partial charge in [0.15, 0.2) is 0 Å². The van der Waals surface area contributed by atoms with E-state index in [2.05, 4.69) is 41.0 Å². The van der Waals surface area contributed by atoms with Gasteiger partial charge in [-0.2, -0.15) is 0 Å². The Balaban J connectivity index is 1.99. The Hall–Kier alpha value is -2.26. The number of hydrogen-bond donors (Lipinski definition) is 1. The molecule has 0 saturated carbocycles.